The van der Waals surface area contributed by atoms with Crippen molar-refractivity contribution in [1.82, 2.24) is 5.32 Å². The van der Waals surface area contributed by atoms with Gasteiger partial charge >= 0.3 is 0 Å². The van der Waals surface area contributed by atoms with Crippen molar-refractivity contribution in [2.45, 2.75) is 18.1 Å². The fourth-order valence-electron chi connectivity index (χ4n) is 2.13. The Morgan fingerprint density at radius 2 is 2.21 bits per heavy atom. The van der Waals surface area contributed by atoms with Crippen LogP contribution in [0.15, 0.2) is 18.2 Å². The van der Waals surface area contributed by atoms with Crippen LogP contribution in [-0.2, 0) is 9.84 Å². The predicted octanol–water partition coefficient (Wildman–Crippen LogP) is 1.23. The van der Waals surface area contributed by atoms with Gasteiger partial charge in [-0.25, -0.2) is 8.42 Å². The van der Waals surface area contributed by atoms with E-state index in [9.17, 15) is 13.2 Å². The van der Waals surface area contributed by atoms with Gasteiger partial charge in [-0.1, -0.05) is 11.6 Å². The first-order valence-corrected chi connectivity index (χ1v) is 8.04. The molecule has 1 fully saturated rings. The lowest BCUT2D eigenvalue weighted by Crippen LogP contribution is -2.34. The molecule has 1 aliphatic heterocycles. The molecule has 1 heterocycles. The second-order valence-corrected chi connectivity index (χ2v) is 7.41. The number of sulfone groups is 1. The first-order valence-electron chi connectivity index (χ1n) is 5.95. The molecule has 0 spiro atoms. The fourth-order valence-corrected chi connectivity index (χ4v) is 4.08. The Balaban J connectivity index is 2.02. The number of amides is 1. The summed E-state index contributed by atoms with van der Waals surface area (Å²) in [5.74, 6) is -0.173. The van der Waals surface area contributed by atoms with E-state index in [-0.39, 0.29) is 23.9 Å². The Morgan fingerprint density at radius 3 is 2.79 bits per heavy atom. The summed E-state index contributed by atoms with van der Waals surface area (Å²) in [4.78, 5) is 11.9. The number of carbonyl (C=O) groups is 1. The van der Waals surface area contributed by atoms with Crippen molar-refractivity contribution in [2.24, 2.45) is 0 Å². The first kappa shape index (κ1) is 14.1. The molecule has 0 bridgehead atoms. The van der Waals surface area contributed by atoms with Crippen molar-refractivity contribution in [1.29, 1.82) is 0 Å². The minimum absolute atomic E-state index is 0.128. The average Bonchev–Trinajstić information content (AvgIpc) is 2.65. The third-order valence-corrected chi connectivity index (χ3v) is 5.72. The van der Waals surface area contributed by atoms with Crippen molar-refractivity contribution in [2.75, 3.05) is 18.0 Å². The molecule has 3 N–H and O–H groups in total. The molecule has 1 aromatic carbocycles. The van der Waals surface area contributed by atoms with Crippen molar-refractivity contribution in [3.8, 4) is 0 Å². The molecule has 1 amide bonds. The lowest BCUT2D eigenvalue weighted by molar-refractivity contribution is 0.0954. The summed E-state index contributed by atoms with van der Waals surface area (Å²) < 4.78 is 23.3. The van der Waals surface area contributed by atoms with Crippen LogP contribution in [0.1, 0.15) is 23.2 Å². The molecule has 1 saturated heterocycles. The van der Waals surface area contributed by atoms with Crippen LogP contribution in [0.5, 0.6) is 0 Å². The van der Waals surface area contributed by atoms with Gasteiger partial charge in [0.15, 0.2) is 9.84 Å². The molecule has 0 aliphatic carbocycles. The van der Waals surface area contributed by atoms with Gasteiger partial charge in [-0.15, -0.1) is 0 Å². The highest BCUT2D eigenvalue weighted by molar-refractivity contribution is 7.92. The lowest BCUT2D eigenvalue weighted by atomic mass is 10.1. The van der Waals surface area contributed by atoms with Gasteiger partial charge in [0.05, 0.1) is 16.6 Å². The lowest BCUT2D eigenvalue weighted by Gasteiger charge is -2.12. The number of hydrogen-bond donors (Lipinski definition) is 2. The second-order valence-electron chi connectivity index (χ2n) is 4.57. The summed E-state index contributed by atoms with van der Waals surface area (Å²) in [5.41, 5.74) is 6.28. The summed E-state index contributed by atoms with van der Waals surface area (Å²) in [7, 11) is -3.05. The smallest absolute Gasteiger partial charge is 0.253 e. The summed E-state index contributed by atoms with van der Waals surface area (Å²) >= 11 is 5.75. The van der Waals surface area contributed by atoms with Gasteiger partial charge < -0.3 is 11.1 Å². The van der Waals surface area contributed by atoms with Gasteiger partial charge in [0.2, 0.25) is 0 Å². The minimum Gasteiger partial charge on any atom is -0.398 e. The summed E-state index contributed by atoms with van der Waals surface area (Å²) in [6.45, 7) is 0.128. The predicted molar refractivity (Wildman–Crippen MR) is 75.0 cm³/mol. The van der Waals surface area contributed by atoms with E-state index in [4.69, 9.17) is 17.3 Å². The summed E-state index contributed by atoms with van der Waals surface area (Å²) in [5, 5.41) is 2.59. The second kappa shape index (κ2) is 5.38. The van der Waals surface area contributed by atoms with E-state index in [1.807, 2.05) is 0 Å². The molecule has 1 atom stereocenters. The first-order chi connectivity index (χ1) is 8.90. The third kappa shape index (κ3) is 3.19. The van der Waals surface area contributed by atoms with E-state index in [1.54, 1.807) is 6.07 Å². The van der Waals surface area contributed by atoms with E-state index < -0.39 is 15.1 Å². The van der Waals surface area contributed by atoms with Crippen LogP contribution in [0.3, 0.4) is 0 Å². The Bertz CT molecular complexity index is 601. The monoisotopic (exact) mass is 302 g/mol. The van der Waals surface area contributed by atoms with E-state index >= 15 is 0 Å². The van der Waals surface area contributed by atoms with E-state index in [2.05, 4.69) is 5.32 Å². The maximum atomic E-state index is 11.9. The average molecular weight is 303 g/mol. The zero-order valence-electron chi connectivity index (χ0n) is 10.2. The van der Waals surface area contributed by atoms with Gasteiger partial charge in [0.25, 0.3) is 5.91 Å². The highest BCUT2D eigenvalue weighted by Crippen LogP contribution is 2.20. The highest BCUT2D eigenvalue weighted by Gasteiger charge is 2.31. The largest absolute Gasteiger partial charge is 0.398 e. The molecule has 104 valence electrons. The number of nitrogen functional groups attached to an aromatic ring is 1. The summed E-state index contributed by atoms with van der Waals surface area (Å²) in [6.07, 6.45) is 1.25. The summed E-state index contributed by atoms with van der Waals surface area (Å²) in [6, 6.07) is 4.58. The van der Waals surface area contributed by atoms with Crippen LogP contribution < -0.4 is 11.1 Å². The third-order valence-electron chi connectivity index (χ3n) is 3.21. The van der Waals surface area contributed by atoms with Gasteiger partial charge in [0.1, 0.15) is 0 Å². The maximum absolute atomic E-state index is 11.9. The van der Waals surface area contributed by atoms with Crippen LogP contribution >= 0.6 is 11.6 Å². The molecule has 5 nitrogen and oxygen atoms in total. The number of nitrogens with two attached hydrogens (primary N) is 1. The number of halogens is 1. The van der Waals surface area contributed by atoms with Crippen LogP contribution in [-0.4, -0.2) is 31.9 Å². The van der Waals surface area contributed by atoms with Crippen molar-refractivity contribution < 1.29 is 13.2 Å². The molecule has 2 rings (SSSR count). The zero-order valence-corrected chi connectivity index (χ0v) is 11.8. The van der Waals surface area contributed by atoms with Crippen molar-refractivity contribution in [3.05, 3.63) is 28.8 Å². The Hall–Kier alpha value is -1.27. The Labute approximate surface area is 117 Å². The standard InChI is InChI=1S/C12H15ClN2O3S/c13-8-3-4-10(11(14)6-8)12(16)15-7-9-2-1-5-19(9,17)18/h3-4,6,9H,1-2,5,7,14H2,(H,15,16). The molecule has 0 saturated carbocycles. The number of nitrogens with one attached hydrogen (secondary N) is 1. The number of rotatable bonds is 3. The van der Waals surface area contributed by atoms with E-state index in [1.165, 1.54) is 12.1 Å². The Morgan fingerprint density at radius 1 is 1.47 bits per heavy atom. The van der Waals surface area contributed by atoms with E-state index in [0.717, 1.165) is 0 Å². The van der Waals surface area contributed by atoms with Crippen LogP contribution in [0.25, 0.3) is 0 Å². The molecule has 0 radical (unpaired) electrons. The van der Waals surface area contributed by atoms with Crippen molar-refractivity contribution >= 4 is 33.0 Å². The molecule has 1 aliphatic rings. The maximum Gasteiger partial charge on any atom is 0.253 e. The fraction of sp³-hybridized carbons (Fsp3) is 0.417. The molecule has 7 heteroatoms. The van der Waals surface area contributed by atoms with Crippen LogP contribution in [0.2, 0.25) is 5.02 Å². The van der Waals surface area contributed by atoms with Gasteiger partial charge in [-0.05, 0) is 31.0 Å². The molecule has 19 heavy (non-hydrogen) atoms. The highest BCUT2D eigenvalue weighted by atomic mass is 35.5. The van der Waals surface area contributed by atoms with E-state index in [0.29, 0.717) is 23.4 Å². The molecular weight excluding hydrogens is 288 g/mol. The number of hydrogen-bond acceptors (Lipinski definition) is 4. The van der Waals surface area contributed by atoms with Crippen LogP contribution in [0, 0.1) is 0 Å². The molecule has 1 aromatic rings. The van der Waals surface area contributed by atoms with Crippen LogP contribution in [0.4, 0.5) is 5.69 Å². The molecular formula is C12H15ClN2O3S. The van der Waals surface area contributed by atoms with Gasteiger partial charge in [0, 0.05) is 17.3 Å². The quantitative estimate of drug-likeness (QED) is 0.822. The number of benzene rings is 1. The minimum atomic E-state index is -3.05. The van der Waals surface area contributed by atoms with Gasteiger partial charge in [-0.3, -0.25) is 4.79 Å². The number of anilines is 1. The molecule has 1 unspecified atom stereocenters. The normalized spacial score (nSPS) is 21.2. The van der Waals surface area contributed by atoms with Gasteiger partial charge in [-0.2, -0.15) is 0 Å². The Kier molecular flexibility index (Phi) is 4.01. The number of carbonyl (C=O) groups excluding carboxylic acids is 1. The molecule has 0 aromatic heterocycles. The SMILES string of the molecule is Nc1cc(Cl)ccc1C(=O)NCC1CCCS1(=O)=O. The zero-order chi connectivity index (χ0) is 14.0. The topological polar surface area (TPSA) is 89.3 Å². The van der Waals surface area contributed by atoms with Crippen molar-refractivity contribution in [3.63, 3.8) is 0 Å².